The quantitative estimate of drug-likeness (QED) is 0.0802. The third kappa shape index (κ3) is 8.41. The van der Waals surface area contributed by atoms with Crippen molar-refractivity contribution in [3.05, 3.63) is 119 Å². The summed E-state index contributed by atoms with van der Waals surface area (Å²) in [7, 11) is 0. The summed E-state index contributed by atoms with van der Waals surface area (Å²) in [6.45, 7) is 9.30. The second kappa shape index (κ2) is 19.1. The Labute approximate surface area is 379 Å². The van der Waals surface area contributed by atoms with Gasteiger partial charge in [0, 0.05) is 82.4 Å². The van der Waals surface area contributed by atoms with Crippen LogP contribution in [0.15, 0.2) is 96.6 Å². The first-order chi connectivity index (χ1) is 29.6. The first-order valence-corrected chi connectivity index (χ1v) is 26.8. The highest BCUT2D eigenvalue weighted by molar-refractivity contribution is 7.30. The second-order valence-corrected chi connectivity index (χ2v) is 22.0. The molecular formula is C52H52N2S6. The molecule has 60 heavy (non-hydrogen) atoms. The third-order valence-corrected chi connectivity index (χ3v) is 19.2. The summed E-state index contributed by atoms with van der Waals surface area (Å²) in [5, 5.41) is 4.50. The molecule has 8 aromatic heterocycles. The Kier molecular flexibility index (Phi) is 13.2. The average Bonchev–Trinajstić information content (AvgIpc) is 4.14. The molecule has 0 saturated carbocycles. The van der Waals surface area contributed by atoms with Gasteiger partial charge in [-0.2, -0.15) is 0 Å². The van der Waals surface area contributed by atoms with Gasteiger partial charge in [-0.1, -0.05) is 77.6 Å². The Balaban J connectivity index is 1.06. The van der Waals surface area contributed by atoms with E-state index >= 15 is 0 Å². The summed E-state index contributed by atoms with van der Waals surface area (Å²) in [5.41, 5.74) is 9.51. The van der Waals surface area contributed by atoms with Crippen molar-refractivity contribution in [3.8, 4) is 59.2 Å². The lowest BCUT2D eigenvalue weighted by atomic mass is 9.97. The second-order valence-electron chi connectivity index (χ2n) is 15.8. The number of hydrogen-bond acceptors (Lipinski definition) is 8. The molecule has 8 heterocycles. The number of hydrogen-bond donors (Lipinski definition) is 0. The lowest BCUT2D eigenvalue weighted by Gasteiger charge is -2.08. The van der Waals surface area contributed by atoms with E-state index in [1.165, 1.54) is 123 Å². The zero-order chi connectivity index (χ0) is 41.0. The van der Waals surface area contributed by atoms with Crippen LogP contribution >= 0.6 is 68.0 Å². The van der Waals surface area contributed by atoms with Gasteiger partial charge in [-0.15, -0.1) is 68.0 Å². The van der Waals surface area contributed by atoms with Gasteiger partial charge in [0.05, 0.1) is 11.0 Å². The van der Waals surface area contributed by atoms with Crippen LogP contribution in [-0.4, -0.2) is 9.97 Å². The number of benzene rings is 1. The summed E-state index contributed by atoms with van der Waals surface area (Å²) >= 11 is 11.9. The molecule has 9 aromatic rings. The van der Waals surface area contributed by atoms with Gasteiger partial charge in [-0.25, -0.2) is 0 Å². The fraction of sp³-hybridized carbons (Fsp3) is 0.308. The highest BCUT2D eigenvalue weighted by atomic mass is 32.1. The molecule has 0 aliphatic heterocycles. The monoisotopic (exact) mass is 896 g/mol. The van der Waals surface area contributed by atoms with Crippen LogP contribution in [0.4, 0.5) is 0 Å². The summed E-state index contributed by atoms with van der Waals surface area (Å²) in [6.07, 6.45) is 18.3. The van der Waals surface area contributed by atoms with E-state index in [4.69, 9.17) is 4.98 Å². The first kappa shape index (κ1) is 41.6. The van der Waals surface area contributed by atoms with Crippen molar-refractivity contribution in [1.82, 2.24) is 9.97 Å². The van der Waals surface area contributed by atoms with E-state index in [1.54, 1.807) is 22.3 Å². The van der Waals surface area contributed by atoms with Crippen molar-refractivity contribution in [2.45, 2.75) is 105 Å². The van der Waals surface area contributed by atoms with Crippen molar-refractivity contribution >= 4 is 89.8 Å². The van der Waals surface area contributed by atoms with Gasteiger partial charge >= 0.3 is 0 Å². The minimum atomic E-state index is 0.967. The Bertz CT molecular complexity index is 2840. The third-order valence-electron chi connectivity index (χ3n) is 11.5. The van der Waals surface area contributed by atoms with Crippen LogP contribution in [0, 0.1) is 0 Å². The van der Waals surface area contributed by atoms with Gasteiger partial charge in [-0.05, 0) is 134 Å². The van der Waals surface area contributed by atoms with Crippen molar-refractivity contribution in [2.75, 3.05) is 0 Å². The smallest absolute Gasteiger partial charge is 0.0965 e. The molecule has 0 saturated heterocycles. The van der Waals surface area contributed by atoms with Crippen LogP contribution < -0.4 is 0 Å². The van der Waals surface area contributed by atoms with E-state index in [-0.39, 0.29) is 0 Å². The maximum atomic E-state index is 4.96. The molecule has 0 fully saturated rings. The zero-order valence-corrected chi connectivity index (χ0v) is 40.0. The summed E-state index contributed by atoms with van der Waals surface area (Å²) < 4.78 is 0. The average molecular weight is 897 g/mol. The van der Waals surface area contributed by atoms with Crippen LogP contribution in [-0.2, 0) is 25.7 Å². The van der Waals surface area contributed by atoms with E-state index in [9.17, 15) is 0 Å². The lowest BCUT2D eigenvalue weighted by Crippen LogP contribution is -1.94. The minimum absolute atomic E-state index is 0.967. The maximum absolute atomic E-state index is 4.96. The van der Waals surface area contributed by atoms with E-state index in [1.807, 2.05) is 86.5 Å². The van der Waals surface area contributed by atoms with Gasteiger partial charge in [-0.3, -0.25) is 9.97 Å². The normalized spacial score (nSPS) is 11.8. The first-order valence-electron chi connectivity index (χ1n) is 21.9. The predicted molar refractivity (Wildman–Crippen MR) is 271 cm³/mol. The van der Waals surface area contributed by atoms with Crippen molar-refractivity contribution in [3.63, 3.8) is 0 Å². The van der Waals surface area contributed by atoms with E-state index in [0.717, 1.165) is 34.6 Å². The van der Waals surface area contributed by atoms with Gasteiger partial charge < -0.3 is 0 Å². The zero-order valence-electron chi connectivity index (χ0n) is 35.1. The largest absolute Gasteiger partial charge is 0.254 e. The van der Waals surface area contributed by atoms with Crippen LogP contribution in [0.1, 0.15) is 101 Å². The molecule has 1 aromatic carbocycles. The number of nitrogens with zero attached hydrogens (tertiary/aromatic N) is 2. The lowest BCUT2D eigenvalue weighted by molar-refractivity contribution is 0.764. The number of rotatable bonds is 18. The number of fused-ring (bicyclic) bond motifs is 3. The van der Waals surface area contributed by atoms with Gasteiger partial charge in [0.1, 0.15) is 0 Å². The summed E-state index contributed by atoms with van der Waals surface area (Å²) in [4.78, 5) is 25.3. The molecule has 2 nitrogen and oxygen atoms in total. The van der Waals surface area contributed by atoms with Crippen molar-refractivity contribution in [1.29, 1.82) is 0 Å². The predicted octanol–water partition coefficient (Wildman–Crippen LogP) is 18.5. The van der Waals surface area contributed by atoms with E-state index < -0.39 is 0 Å². The fourth-order valence-corrected chi connectivity index (χ4v) is 15.5. The van der Waals surface area contributed by atoms with Crippen molar-refractivity contribution in [2.24, 2.45) is 0 Å². The van der Waals surface area contributed by atoms with Crippen LogP contribution in [0.2, 0.25) is 0 Å². The Morgan fingerprint density at radius 3 is 1.40 bits per heavy atom. The molecular weight excluding hydrogens is 845 g/mol. The molecule has 0 aliphatic carbocycles. The summed E-state index contributed by atoms with van der Waals surface area (Å²) in [6, 6.07) is 29.6. The molecule has 306 valence electrons. The Hall–Kier alpha value is -3.76. The highest BCUT2D eigenvalue weighted by Gasteiger charge is 2.25. The number of pyridine rings is 2. The SMILES string of the molecule is CCCCc1c(-c2cccs2)sc(-c2ccc(-c3ccc(-c4sc(-c5ccc(-c6cnc7c(ccc8cccnc87)c6)s5)c(CCCC)c4CCCC)s3)s2)c1CCCC. The minimum Gasteiger partial charge on any atom is -0.254 e. The van der Waals surface area contributed by atoms with Crippen molar-refractivity contribution < 1.29 is 0 Å². The Morgan fingerprint density at radius 1 is 0.417 bits per heavy atom. The molecule has 0 unspecified atom stereocenters. The molecule has 0 spiro atoms. The molecule has 0 bridgehead atoms. The molecule has 0 atom stereocenters. The number of unbranched alkanes of at least 4 members (excludes halogenated alkanes) is 4. The van der Waals surface area contributed by atoms with E-state index in [2.05, 4.69) is 111 Å². The molecule has 0 N–H and O–H groups in total. The van der Waals surface area contributed by atoms with Gasteiger partial charge in [0.15, 0.2) is 0 Å². The molecule has 0 amide bonds. The fourth-order valence-electron chi connectivity index (χ4n) is 8.35. The maximum Gasteiger partial charge on any atom is 0.0965 e. The van der Waals surface area contributed by atoms with Crippen LogP contribution in [0.3, 0.4) is 0 Å². The Morgan fingerprint density at radius 2 is 0.883 bits per heavy atom. The molecule has 0 radical (unpaired) electrons. The molecule has 0 aliphatic rings. The highest BCUT2D eigenvalue weighted by Crippen LogP contribution is 2.52. The number of aromatic nitrogens is 2. The summed E-state index contributed by atoms with van der Waals surface area (Å²) in [5.74, 6) is 0. The molecule has 8 heteroatoms. The van der Waals surface area contributed by atoms with Gasteiger partial charge in [0.25, 0.3) is 0 Å². The van der Waals surface area contributed by atoms with Gasteiger partial charge in [0.2, 0.25) is 0 Å². The van der Waals surface area contributed by atoms with E-state index in [0.29, 0.717) is 0 Å². The topological polar surface area (TPSA) is 25.8 Å². The standard InChI is InChI=1S/C52H52N2S6/c1-5-9-16-36-37(17-10-6-2)51(59-49(36)43-20-14-30-55-43)45-27-24-41(57-45)42-25-28-46(58-42)52-39(19-12-8-4)38(18-11-7-3)50(60-52)44-26-23-40(56-44)35-31-34-22-21-33-15-13-29-53-47(33)48(34)54-32-35/h13-15,20-32H,5-12,16-19H2,1-4H3. The molecule has 9 rings (SSSR count). The van der Waals surface area contributed by atoms with Crippen LogP contribution in [0.5, 0.6) is 0 Å². The number of thiophene rings is 6. The van der Waals surface area contributed by atoms with Crippen LogP contribution in [0.25, 0.3) is 81.0 Å².